The third-order valence-corrected chi connectivity index (χ3v) is 5.34. The molecule has 0 spiro atoms. The zero-order valence-electron chi connectivity index (χ0n) is 21.3. The molecule has 0 amide bonds. The van der Waals surface area contributed by atoms with Crippen LogP contribution in [0.3, 0.4) is 0 Å². The first-order valence-corrected chi connectivity index (χ1v) is 11.6. The van der Waals surface area contributed by atoms with Gasteiger partial charge in [-0.3, -0.25) is 0 Å². The highest BCUT2D eigenvalue weighted by Gasteiger charge is 2.33. The van der Waals surface area contributed by atoms with E-state index in [1.807, 2.05) is 0 Å². The molecule has 0 fully saturated rings. The summed E-state index contributed by atoms with van der Waals surface area (Å²) in [5, 5.41) is 0. The predicted molar refractivity (Wildman–Crippen MR) is 136 cm³/mol. The Morgan fingerprint density at radius 1 is 0.545 bits per heavy atom. The van der Waals surface area contributed by atoms with Crippen LogP contribution in [0, 0.1) is 13.8 Å². The number of hydrogen-bond donors (Lipinski definition) is 0. The molecule has 3 rings (SSSR count). The molecule has 0 aliphatic heterocycles. The van der Waals surface area contributed by atoms with Gasteiger partial charge in [0.05, 0.1) is 5.56 Å². The number of alkyl halides is 3. The summed E-state index contributed by atoms with van der Waals surface area (Å²) in [5.74, 6) is 1.21. The second-order valence-electron chi connectivity index (χ2n) is 9.37. The van der Waals surface area contributed by atoms with Crippen molar-refractivity contribution in [3.05, 3.63) is 106 Å². The monoisotopic (exact) mass is 456 g/mol. The largest absolute Gasteiger partial charge is 0.416 e. The molecule has 0 aliphatic rings. The van der Waals surface area contributed by atoms with Crippen LogP contribution in [0.15, 0.2) is 72.8 Å². The molecule has 3 aromatic rings. The van der Waals surface area contributed by atoms with Gasteiger partial charge < -0.3 is 0 Å². The summed E-state index contributed by atoms with van der Waals surface area (Å²) in [7, 11) is 0. The minimum absolute atomic E-state index is 0.0992. The van der Waals surface area contributed by atoms with E-state index in [0.717, 1.165) is 6.07 Å². The molecule has 0 aliphatic carbocycles. The van der Waals surface area contributed by atoms with E-state index in [4.69, 9.17) is 0 Å². The van der Waals surface area contributed by atoms with Gasteiger partial charge in [0.1, 0.15) is 0 Å². The van der Waals surface area contributed by atoms with Crippen molar-refractivity contribution in [2.75, 3.05) is 0 Å². The normalized spacial score (nSPS) is 11.1. The fourth-order valence-electron chi connectivity index (χ4n) is 3.24. The zero-order chi connectivity index (χ0) is 25.2. The van der Waals surface area contributed by atoms with Gasteiger partial charge in [0, 0.05) is 0 Å². The molecule has 0 atom stereocenters. The molecule has 0 saturated heterocycles. The van der Waals surface area contributed by atoms with Gasteiger partial charge in [0.15, 0.2) is 0 Å². The lowest BCUT2D eigenvalue weighted by Crippen LogP contribution is -2.09. The van der Waals surface area contributed by atoms with Gasteiger partial charge in [0.2, 0.25) is 0 Å². The summed E-state index contributed by atoms with van der Waals surface area (Å²) >= 11 is 0. The van der Waals surface area contributed by atoms with Gasteiger partial charge >= 0.3 is 6.18 Å². The fraction of sp³-hybridized carbons (Fsp3) is 0.400. The lowest BCUT2D eigenvalue weighted by atomic mass is 9.97. The minimum Gasteiger partial charge on any atom is -0.166 e. The summed E-state index contributed by atoms with van der Waals surface area (Å²) in [6, 6.07) is 23.1. The Morgan fingerprint density at radius 3 is 1.48 bits per heavy atom. The van der Waals surface area contributed by atoms with Crippen LogP contribution >= 0.6 is 0 Å². The fourth-order valence-corrected chi connectivity index (χ4v) is 3.24. The third-order valence-electron chi connectivity index (χ3n) is 5.34. The molecule has 33 heavy (non-hydrogen) atoms. The summed E-state index contributed by atoms with van der Waals surface area (Å²) in [6.07, 6.45) is -4.24. The van der Waals surface area contributed by atoms with Crippen LogP contribution in [0.25, 0.3) is 0 Å². The maximum Gasteiger partial charge on any atom is 0.416 e. The first-order valence-electron chi connectivity index (χ1n) is 11.6. The van der Waals surface area contributed by atoms with E-state index in [9.17, 15) is 13.2 Å². The summed E-state index contributed by atoms with van der Waals surface area (Å²) < 4.78 is 37.2. The summed E-state index contributed by atoms with van der Waals surface area (Å²) in [4.78, 5) is 0. The smallest absolute Gasteiger partial charge is 0.166 e. The van der Waals surface area contributed by atoms with Crippen LogP contribution in [0.1, 0.15) is 92.7 Å². The quantitative estimate of drug-likeness (QED) is 0.368. The molecule has 180 valence electrons. The Labute approximate surface area is 198 Å². The van der Waals surface area contributed by atoms with E-state index in [0.29, 0.717) is 17.4 Å². The zero-order valence-corrected chi connectivity index (χ0v) is 21.3. The molecule has 0 radical (unpaired) electrons. The highest BCUT2D eigenvalue weighted by Crippen LogP contribution is 2.34. The van der Waals surface area contributed by atoms with Crippen molar-refractivity contribution in [1.82, 2.24) is 0 Å². The number of benzene rings is 3. The molecular formula is C30H39F3. The molecule has 3 aromatic carbocycles. The van der Waals surface area contributed by atoms with E-state index >= 15 is 0 Å². The summed E-state index contributed by atoms with van der Waals surface area (Å²) in [5.41, 5.74) is 5.38. The van der Waals surface area contributed by atoms with Gasteiger partial charge in [-0.2, -0.15) is 13.2 Å². The van der Waals surface area contributed by atoms with Crippen molar-refractivity contribution in [2.24, 2.45) is 0 Å². The van der Waals surface area contributed by atoms with Gasteiger partial charge in [-0.25, -0.2) is 0 Å². The Bertz CT molecular complexity index is 949. The average Bonchev–Trinajstić information content (AvgIpc) is 2.74. The maximum atomic E-state index is 12.4. The van der Waals surface area contributed by atoms with Crippen LogP contribution in [-0.2, 0) is 6.18 Å². The molecule has 0 N–H and O–H groups in total. The lowest BCUT2D eigenvalue weighted by molar-refractivity contribution is -0.138. The van der Waals surface area contributed by atoms with Crippen LogP contribution in [-0.4, -0.2) is 0 Å². The Morgan fingerprint density at radius 2 is 1.09 bits per heavy atom. The lowest BCUT2D eigenvalue weighted by Gasteiger charge is -2.14. The minimum atomic E-state index is -4.24. The van der Waals surface area contributed by atoms with E-state index in [1.54, 1.807) is 19.9 Å². The Kier molecular flexibility index (Phi) is 11.4. The second-order valence-corrected chi connectivity index (χ2v) is 9.37. The van der Waals surface area contributed by atoms with Crippen LogP contribution in [0.2, 0.25) is 0 Å². The van der Waals surface area contributed by atoms with Crippen molar-refractivity contribution in [2.45, 2.75) is 79.3 Å². The van der Waals surface area contributed by atoms with Crippen molar-refractivity contribution in [1.29, 1.82) is 0 Å². The molecule has 0 unspecified atom stereocenters. The summed E-state index contributed by atoms with van der Waals surface area (Å²) in [6.45, 7) is 16.6. The molecular weight excluding hydrogens is 417 g/mol. The highest BCUT2D eigenvalue weighted by atomic mass is 19.4. The number of aryl methyl sites for hydroxylation is 2. The van der Waals surface area contributed by atoms with Crippen molar-refractivity contribution >= 4 is 0 Å². The van der Waals surface area contributed by atoms with Crippen LogP contribution in [0.4, 0.5) is 13.2 Å². The standard InChI is InChI=1S/C10H11F3.2C10H14/c1-7(2)8-5-3-4-6-9(8)10(11,12)13;1-8(2)10-6-4-9(3)5-7-10;1-8(2)10-6-4-5-9(3)7-10/h3-7H,1-2H3;2*4-8H,1-3H3. The van der Waals surface area contributed by atoms with E-state index in [1.165, 1.54) is 34.4 Å². The third kappa shape index (κ3) is 10.3. The number of halogens is 3. The number of rotatable bonds is 3. The van der Waals surface area contributed by atoms with Crippen LogP contribution < -0.4 is 0 Å². The molecule has 0 saturated carbocycles. The second kappa shape index (κ2) is 13.2. The molecule has 0 nitrogen and oxygen atoms in total. The molecule has 0 aromatic heterocycles. The Balaban J connectivity index is 0.000000251. The van der Waals surface area contributed by atoms with Gasteiger partial charge in [-0.1, -0.05) is 119 Å². The van der Waals surface area contributed by atoms with Crippen molar-refractivity contribution in [3.8, 4) is 0 Å². The average molecular weight is 457 g/mol. The molecule has 0 heterocycles. The predicted octanol–water partition coefficient (Wildman–Crippen LogP) is 10.1. The first kappa shape index (κ1) is 28.5. The van der Waals surface area contributed by atoms with E-state index in [-0.39, 0.29) is 5.92 Å². The van der Waals surface area contributed by atoms with Gasteiger partial charge in [-0.05, 0) is 54.4 Å². The maximum absolute atomic E-state index is 12.4. The topological polar surface area (TPSA) is 0 Å². The van der Waals surface area contributed by atoms with Crippen LogP contribution in [0.5, 0.6) is 0 Å². The highest BCUT2D eigenvalue weighted by molar-refractivity contribution is 5.32. The molecule has 0 bridgehead atoms. The number of hydrogen-bond acceptors (Lipinski definition) is 0. The molecule has 3 heteroatoms. The van der Waals surface area contributed by atoms with Crippen molar-refractivity contribution in [3.63, 3.8) is 0 Å². The van der Waals surface area contributed by atoms with Crippen molar-refractivity contribution < 1.29 is 13.2 Å². The van der Waals surface area contributed by atoms with Gasteiger partial charge in [0.25, 0.3) is 0 Å². The SMILES string of the molecule is CC(C)c1ccccc1C(F)(F)F.Cc1ccc(C(C)C)cc1.Cc1cccc(C(C)C)c1. The van der Waals surface area contributed by atoms with E-state index < -0.39 is 11.7 Å². The Hall–Kier alpha value is -2.55. The van der Waals surface area contributed by atoms with E-state index in [2.05, 4.69) is 90.1 Å². The first-order chi connectivity index (χ1) is 15.3. The van der Waals surface area contributed by atoms with Gasteiger partial charge in [-0.15, -0.1) is 0 Å².